The third-order valence-electron chi connectivity index (χ3n) is 5.09. The van der Waals surface area contributed by atoms with Gasteiger partial charge in [0.1, 0.15) is 0 Å². The second kappa shape index (κ2) is 8.78. The van der Waals surface area contributed by atoms with E-state index in [0.717, 1.165) is 24.9 Å². The molecule has 2 aliphatic heterocycles. The van der Waals surface area contributed by atoms with Gasteiger partial charge in [0.2, 0.25) is 17.7 Å². The van der Waals surface area contributed by atoms with Crippen molar-refractivity contribution in [1.82, 2.24) is 20.1 Å². The number of nitrogens with one attached hydrogen (secondary N) is 1. The fourth-order valence-electron chi connectivity index (χ4n) is 3.57. The summed E-state index contributed by atoms with van der Waals surface area (Å²) in [5, 5.41) is 2.94. The molecule has 0 bridgehead atoms. The van der Waals surface area contributed by atoms with Crippen LogP contribution in [0.1, 0.15) is 37.7 Å². The molecule has 3 amide bonds. The zero-order chi connectivity index (χ0) is 18.4. The second-order valence-electron chi connectivity index (χ2n) is 6.99. The number of carbonyl (C=O) groups is 3. The van der Waals surface area contributed by atoms with E-state index in [1.165, 1.54) is 0 Å². The van der Waals surface area contributed by atoms with Gasteiger partial charge in [0.05, 0.1) is 5.92 Å². The predicted octanol–water partition coefficient (Wildman–Crippen LogP) is 0.949. The van der Waals surface area contributed by atoms with E-state index >= 15 is 0 Å². The number of hydrogen-bond donors (Lipinski definition) is 1. The fourth-order valence-corrected chi connectivity index (χ4v) is 3.57. The summed E-state index contributed by atoms with van der Waals surface area (Å²) in [6.07, 6.45) is 6.78. The van der Waals surface area contributed by atoms with Crippen LogP contribution in [0.2, 0.25) is 0 Å². The minimum absolute atomic E-state index is 0.0129. The monoisotopic (exact) mass is 358 g/mol. The van der Waals surface area contributed by atoms with E-state index in [2.05, 4.69) is 10.3 Å². The Labute approximate surface area is 153 Å². The van der Waals surface area contributed by atoms with E-state index in [1.54, 1.807) is 17.3 Å². The standard InChI is InChI=1S/C19H26N4O3/c24-17-5-2-9-22(17)10-3-11-23-14-16(6-7-18(23)25)19(26)21-13-15-4-1-8-20-12-15/h1,4,8,12,16H,2-3,5-7,9-11,13-14H2,(H,21,26)/t16-/m1/s1. The van der Waals surface area contributed by atoms with Crippen molar-refractivity contribution in [2.24, 2.45) is 5.92 Å². The summed E-state index contributed by atoms with van der Waals surface area (Å²) in [6.45, 7) is 3.04. The van der Waals surface area contributed by atoms with Gasteiger partial charge in [-0.3, -0.25) is 19.4 Å². The van der Waals surface area contributed by atoms with Gasteiger partial charge in [-0.2, -0.15) is 0 Å². The van der Waals surface area contributed by atoms with Crippen LogP contribution in [0.25, 0.3) is 0 Å². The molecule has 0 radical (unpaired) electrons. The Bertz CT molecular complexity index is 649. The third-order valence-corrected chi connectivity index (χ3v) is 5.09. The van der Waals surface area contributed by atoms with Gasteiger partial charge in [0, 0.05) is 58.0 Å². The average molecular weight is 358 g/mol. The molecule has 1 atom stereocenters. The molecule has 7 heteroatoms. The number of hydrogen-bond acceptors (Lipinski definition) is 4. The normalized spacial score (nSPS) is 20.5. The first-order valence-corrected chi connectivity index (χ1v) is 9.35. The van der Waals surface area contributed by atoms with E-state index in [4.69, 9.17) is 0 Å². The van der Waals surface area contributed by atoms with Crippen molar-refractivity contribution < 1.29 is 14.4 Å². The van der Waals surface area contributed by atoms with E-state index in [0.29, 0.717) is 45.4 Å². The summed E-state index contributed by atoms with van der Waals surface area (Å²) >= 11 is 0. The molecule has 7 nitrogen and oxygen atoms in total. The number of carbonyl (C=O) groups excluding carboxylic acids is 3. The maximum atomic E-state index is 12.4. The van der Waals surface area contributed by atoms with Crippen LogP contribution in [0.15, 0.2) is 24.5 Å². The number of nitrogens with zero attached hydrogens (tertiary/aromatic N) is 3. The molecule has 2 saturated heterocycles. The first-order chi connectivity index (χ1) is 12.6. The van der Waals surface area contributed by atoms with Gasteiger partial charge in [-0.25, -0.2) is 0 Å². The number of pyridine rings is 1. The lowest BCUT2D eigenvalue weighted by molar-refractivity contribution is -0.138. The minimum atomic E-state index is -0.169. The van der Waals surface area contributed by atoms with Gasteiger partial charge in [-0.1, -0.05) is 6.07 Å². The maximum Gasteiger partial charge on any atom is 0.225 e. The Kier molecular flexibility index (Phi) is 6.20. The van der Waals surface area contributed by atoms with Crippen molar-refractivity contribution in [3.63, 3.8) is 0 Å². The molecule has 2 fully saturated rings. The molecule has 0 spiro atoms. The van der Waals surface area contributed by atoms with Gasteiger partial charge >= 0.3 is 0 Å². The second-order valence-corrected chi connectivity index (χ2v) is 6.99. The van der Waals surface area contributed by atoms with Crippen LogP contribution in [0.3, 0.4) is 0 Å². The fraction of sp³-hybridized carbons (Fsp3) is 0.579. The molecule has 1 aromatic heterocycles. The molecule has 1 aromatic rings. The van der Waals surface area contributed by atoms with Crippen molar-refractivity contribution in [2.75, 3.05) is 26.2 Å². The Morgan fingerprint density at radius 3 is 2.73 bits per heavy atom. The SMILES string of the molecule is O=C(NCc1cccnc1)[C@@H]1CCC(=O)N(CCCN2CCCC2=O)C1. The zero-order valence-electron chi connectivity index (χ0n) is 15.0. The molecular formula is C19H26N4O3. The zero-order valence-corrected chi connectivity index (χ0v) is 15.0. The Morgan fingerprint density at radius 2 is 2.00 bits per heavy atom. The smallest absolute Gasteiger partial charge is 0.225 e. The highest BCUT2D eigenvalue weighted by Gasteiger charge is 2.30. The Balaban J connectivity index is 1.43. The summed E-state index contributed by atoms with van der Waals surface area (Å²) in [5.41, 5.74) is 0.958. The van der Waals surface area contributed by atoms with Gasteiger partial charge in [-0.05, 0) is 30.9 Å². The van der Waals surface area contributed by atoms with Gasteiger partial charge in [-0.15, -0.1) is 0 Å². The molecule has 2 aliphatic rings. The van der Waals surface area contributed by atoms with Crippen molar-refractivity contribution in [3.05, 3.63) is 30.1 Å². The summed E-state index contributed by atoms with van der Waals surface area (Å²) in [6, 6.07) is 3.76. The molecule has 140 valence electrons. The Hall–Kier alpha value is -2.44. The van der Waals surface area contributed by atoms with Crippen LogP contribution in [-0.4, -0.2) is 58.7 Å². The van der Waals surface area contributed by atoms with E-state index in [1.807, 2.05) is 17.0 Å². The number of likely N-dealkylation sites (tertiary alicyclic amines) is 2. The number of amides is 3. The topological polar surface area (TPSA) is 82.6 Å². The van der Waals surface area contributed by atoms with E-state index in [-0.39, 0.29) is 23.6 Å². The summed E-state index contributed by atoms with van der Waals surface area (Å²) in [4.78, 5) is 43.9. The minimum Gasteiger partial charge on any atom is -0.352 e. The quantitative estimate of drug-likeness (QED) is 0.787. The van der Waals surface area contributed by atoms with Crippen LogP contribution in [0.5, 0.6) is 0 Å². The lowest BCUT2D eigenvalue weighted by atomic mass is 9.96. The highest BCUT2D eigenvalue weighted by Crippen LogP contribution is 2.19. The van der Waals surface area contributed by atoms with Gasteiger partial charge in [0.15, 0.2) is 0 Å². The van der Waals surface area contributed by atoms with Crippen molar-refractivity contribution in [3.8, 4) is 0 Å². The van der Waals surface area contributed by atoms with Crippen LogP contribution < -0.4 is 5.32 Å². The maximum absolute atomic E-state index is 12.4. The van der Waals surface area contributed by atoms with Crippen LogP contribution in [0, 0.1) is 5.92 Å². The predicted molar refractivity (Wildman–Crippen MR) is 95.8 cm³/mol. The van der Waals surface area contributed by atoms with Gasteiger partial charge < -0.3 is 15.1 Å². The summed E-state index contributed by atoms with van der Waals surface area (Å²) in [7, 11) is 0. The molecule has 0 unspecified atom stereocenters. The molecule has 3 rings (SSSR count). The van der Waals surface area contributed by atoms with Crippen LogP contribution >= 0.6 is 0 Å². The number of piperidine rings is 1. The van der Waals surface area contributed by atoms with E-state index < -0.39 is 0 Å². The van der Waals surface area contributed by atoms with Crippen molar-refractivity contribution in [2.45, 2.75) is 38.6 Å². The van der Waals surface area contributed by atoms with Crippen molar-refractivity contribution >= 4 is 17.7 Å². The van der Waals surface area contributed by atoms with Crippen molar-refractivity contribution in [1.29, 1.82) is 0 Å². The lowest BCUT2D eigenvalue weighted by Crippen LogP contribution is -2.46. The molecule has 3 heterocycles. The molecule has 1 N–H and O–H groups in total. The summed E-state index contributed by atoms with van der Waals surface area (Å²) < 4.78 is 0. The molecule has 0 aromatic carbocycles. The molecular weight excluding hydrogens is 332 g/mol. The first-order valence-electron chi connectivity index (χ1n) is 9.35. The lowest BCUT2D eigenvalue weighted by Gasteiger charge is -2.32. The highest BCUT2D eigenvalue weighted by atomic mass is 16.2. The number of aromatic nitrogens is 1. The largest absolute Gasteiger partial charge is 0.352 e. The molecule has 0 aliphatic carbocycles. The number of rotatable bonds is 7. The first kappa shape index (κ1) is 18.4. The molecule has 26 heavy (non-hydrogen) atoms. The van der Waals surface area contributed by atoms with Crippen LogP contribution in [-0.2, 0) is 20.9 Å². The Morgan fingerprint density at radius 1 is 1.19 bits per heavy atom. The van der Waals surface area contributed by atoms with Gasteiger partial charge in [0.25, 0.3) is 0 Å². The van der Waals surface area contributed by atoms with E-state index in [9.17, 15) is 14.4 Å². The summed E-state index contributed by atoms with van der Waals surface area (Å²) in [5.74, 6) is 0.135. The average Bonchev–Trinajstić information content (AvgIpc) is 3.07. The molecule has 0 saturated carbocycles. The highest BCUT2D eigenvalue weighted by molar-refractivity contribution is 5.83. The van der Waals surface area contributed by atoms with Crippen LogP contribution in [0.4, 0.5) is 0 Å². The third kappa shape index (κ3) is 4.80.